The van der Waals surface area contributed by atoms with Crippen LogP contribution in [-0.2, 0) is 9.53 Å². The van der Waals surface area contributed by atoms with E-state index >= 15 is 0 Å². The Kier molecular flexibility index (Phi) is 3.53. The predicted octanol–water partition coefficient (Wildman–Crippen LogP) is 1.67. The zero-order valence-electron chi connectivity index (χ0n) is 7.45. The van der Waals surface area contributed by atoms with Gasteiger partial charge in [0.2, 0.25) is 0 Å². The molecule has 0 aromatic rings. The lowest BCUT2D eigenvalue weighted by molar-refractivity contribution is -0.139. The van der Waals surface area contributed by atoms with Gasteiger partial charge in [0.15, 0.2) is 0 Å². The van der Waals surface area contributed by atoms with Crippen LogP contribution in [0.3, 0.4) is 0 Å². The van der Waals surface area contributed by atoms with Crippen molar-refractivity contribution >= 4 is 5.97 Å². The Balaban J connectivity index is 2.30. The largest absolute Gasteiger partial charge is 0.481 e. The summed E-state index contributed by atoms with van der Waals surface area (Å²) in [5.74, 6) is -0.349. The average molecular weight is 172 g/mol. The van der Waals surface area contributed by atoms with E-state index in [2.05, 4.69) is 6.92 Å². The minimum absolute atomic E-state index is 0.295. The van der Waals surface area contributed by atoms with Crippen LogP contribution in [0.5, 0.6) is 0 Å². The van der Waals surface area contributed by atoms with E-state index in [0.717, 1.165) is 25.9 Å². The van der Waals surface area contributed by atoms with Crippen LogP contribution in [0, 0.1) is 5.92 Å². The van der Waals surface area contributed by atoms with E-state index in [4.69, 9.17) is 9.84 Å². The molecule has 1 heterocycles. The topological polar surface area (TPSA) is 46.5 Å². The molecule has 12 heavy (non-hydrogen) atoms. The molecule has 3 heteroatoms. The first-order valence-corrected chi connectivity index (χ1v) is 4.55. The number of carbonyl (C=O) groups is 1. The van der Waals surface area contributed by atoms with E-state index in [9.17, 15) is 4.79 Å². The number of hydrogen-bond donors (Lipinski definition) is 1. The normalized spacial score (nSPS) is 30.1. The van der Waals surface area contributed by atoms with Gasteiger partial charge in [0, 0.05) is 13.0 Å². The van der Waals surface area contributed by atoms with Gasteiger partial charge in [-0.2, -0.15) is 0 Å². The average Bonchev–Trinajstić information content (AvgIpc) is 2.03. The van der Waals surface area contributed by atoms with E-state index in [1.807, 2.05) is 0 Å². The van der Waals surface area contributed by atoms with E-state index in [1.54, 1.807) is 0 Å². The molecule has 1 N–H and O–H groups in total. The van der Waals surface area contributed by atoms with Crippen molar-refractivity contribution in [1.29, 1.82) is 0 Å². The monoisotopic (exact) mass is 172 g/mol. The second kappa shape index (κ2) is 4.45. The van der Waals surface area contributed by atoms with Crippen molar-refractivity contribution in [3.8, 4) is 0 Å². The van der Waals surface area contributed by atoms with Crippen molar-refractivity contribution in [3.05, 3.63) is 0 Å². The molecule has 70 valence electrons. The lowest BCUT2D eigenvalue weighted by atomic mass is 9.92. The molecule has 2 atom stereocenters. The molecule has 0 spiro atoms. The lowest BCUT2D eigenvalue weighted by Crippen LogP contribution is -2.26. The van der Waals surface area contributed by atoms with Crippen molar-refractivity contribution in [3.63, 3.8) is 0 Å². The molecule has 3 nitrogen and oxygen atoms in total. The molecule has 1 fully saturated rings. The molecular weight excluding hydrogens is 156 g/mol. The van der Waals surface area contributed by atoms with Crippen LogP contribution in [-0.4, -0.2) is 23.8 Å². The highest BCUT2D eigenvalue weighted by Crippen LogP contribution is 2.24. The molecule has 0 saturated carbocycles. The summed E-state index contributed by atoms with van der Waals surface area (Å²) in [5, 5.41) is 8.58. The van der Waals surface area contributed by atoms with Gasteiger partial charge in [-0.15, -0.1) is 0 Å². The highest BCUT2D eigenvalue weighted by Gasteiger charge is 2.22. The van der Waals surface area contributed by atoms with Gasteiger partial charge >= 0.3 is 5.97 Å². The van der Waals surface area contributed by atoms with E-state index in [-0.39, 0.29) is 0 Å². The summed E-state index contributed by atoms with van der Waals surface area (Å²) in [6, 6.07) is 0. The standard InChI is InChI=1S/C9H16O3/c1-2-8-5-7(3-4-12-8)6-9(10)11/h7-8H,2-6H2,1H3,(H,10,11)/t7-,8+/m1/s1. The van der Waals surface area contributed by atoms with Crippen LogP contribution in [0.1, 0.15) is 32.6 Å². The minimum atomic E-state index is -0.684. The quantitative estimate of drug-likeness (QED) is 0.704. The molecule has 1 rings (SSSR count). The number of hydrogen-bond acceptors (Lipinski definition) is 2. The summed E-state index contributed by atoms with van der Waals surface area (Å²) in [7, 11) is 0. The zero-order chi connectivity index (χ0) is 8.97. The summed E-state index contributed by atoms with van der Waals surface area (Å²) in [5.41, 5.74) is 0. The van der Waals surface area contributed by atoms with E-state index in [1.165, 1.54) is 0 Å². The van der Waals surface area contributed by atoms with Crippen molar-refractivity contribution < 1.29 is 14.6 Å². The van der Waals surface area contributed by atoms with Gasteiger partial charge in [-0.3, -0.25) is 4.79 Å². The van der Waals surface area contributed by atoms with Gasteiger partial charge in [-0.05, 0) is 25.2 Å². The summed E-state index contributed by atoms with van der Waals surface area (Å²) in [6.07, 6.45) is 3.42. The van der Waals surface area contributed by atoms with Crippen LogP contribution < -0.4 is 0 Å². The predicted molar refractivity (Wildman–Crippen MR) is 45.0 cm³/mol. The first-order valence-electron chi connectivity index (χ1n) is 4.55. The van der Waals surface area contributed by atoms with Gasteiger partial charge < -0.3 is 9.84 Å². The SMILES string of the molecule is CC[C@H]1C[C@H](CC(=O)O)CCO1. The maximum atomic E-state index is 10.4. The van der Waals surface area contributed by atoms with E-state index in [0.29, 0.717) is 18.4 Å². The number of rotatable bonds is 3. The Morgan fingerprint density at radius 1 is 1.67 bits per heavy atom. The Morgan fingerprint density at radius 3 is 3.00 bits per heavy atom. The van der Waals surface area contributed by atoms with Crippen molar-refractivity contribution in [1.82, 2.24) is 0 Å². The Morgan fingerprint density at radius 2 is 2.42 bits per heavy atom. The number of ether oxygens (including phenoxy) is 1. The molecule has 0 aromatic carbocycles. The summed E-state index contributed by atoms with van der Waals surface area (Å²) < 4.78 is 5.45. The first-order chi connectivity index (χ1) is 5.72. The summed E-state index contributed by atoms with van der Waals surface area (Å²) in [6.45, 7) is 2.81. The fourth-order valence-corrected chi connectivity index (χ4v) is 1.68. The smallest absolute Gasteiger partial charge is 0.303 e. The van der Waals surface area contributed by atoms with Crippen LogP contribution in [0.2, 0.25) is 0 Å². The van der Waals surface area contributed by atoms with Gasteiger partial charge in [0.05, 0.1) is 6.10 Å². The molecule has 1 aliphatic heterocycles. The third kappa shape index (κ3) is 2.81. The fourth-order valence-electron chi connectivity index (χ4n) is 1.68. The van der Waals surface area contributed by atoms with Crippen LogP contribution in [0.25, 0.3) is 0 Å². The second-order valence-corrected chi connectivity index (χ2v) is 3.39. The Labute approximate surface area is 72.7 Å². The van der Waals surface area contributed by atoms with Gasteiger partial charge in [0.1, 0.15) is 0 Å². The summed E-state index contributed by atoms with van der Waals surface area (Å²) >= 11 is 0. The van der Waals surface area contributed by atoms with Crippen molar-refractivity contribution in [2.24, 2.45) is 5.92 Å². The van der Waals surface area contributed by atoms with E-state index < -0.39 is 5.97 Å². The Bertz CT molecular complexity index is 156. The summed E-state index contributed by atoms with van der Waals surface area (Å²) in [4.78, 5) is 10.4. The molecule has 1 saturated heterocycles. The van der Waals surface area contributed by atoms with Gasteiger partial charge in [-0.1, -0.05) is 6.92 Å². The maximum Gasteiger partial charge on any atom is 0.303 e. The molecule has 0 radical (unpaired) electrons. The van der Waals surface area contributed by atoms with Crippen molar-refractivity contribution in [2.45, 2.75) is 38.7 Å². The highest BCUT2D eigenvalue weighted by atomic mass is 16.5. The number of carboxylic acid groups (broad SMARTS) is 1. The zero-order valence-corrected chi connectivity index (χ0v) is 7.45. The van der Waals surface area contributed by atoms with Gasteiger partial charge in [-0.25, -0.2) is 0 Å². The third-order valence-electron chi connectivity index (χ3n) is 2.39. The van der Waals surface area contributed by atoms with Crippen LogP contribution in [0.4, 0.5) is 0 Å². The molecule has 0 amide bonds. The van der Waals surface area contributed by atoms with Crippen molar-refractivity contribution in [2.75, 3.05) is 6.61 Å². The molecular formula is C9H16O3. The second-order valence-electron chi connectivity index (χ2n) is 3.39. The van der Waals surface area contributed by atoms with Crippen LogP contribution in [0.15, 0.2) is 0 Å². The number of aliphatic carboxylic acids is 1. The van der Waals surface area contributed by atoms with Crippen LogP contribution >= 0.6 is 0 Å². The van der Waals surface area contributed by atoms with Gasteiger partial charge in [0.25, 0.3) is 0 Å². The highest BCUT2D eigenvalue weighted by molar-refractivity contribution is 5.67. The molecule has 1 aliphatic rings. The lowest BCUT2D eigenvalue weighted by Gasteiger charge is -2.27. The maximum absolute atomic E-state index is 10.4. The molecule has 0 unspecified atom stereocenters. The fraction of sp³-hybridized carbons (Fsp3) is 0.889. The first kappa shape index (κ1) is 9.52. The minimum Gasteiger partial charge on any atom is -0.481 e. The molecule has 0 aliphatic carbocycles. The molecule has 0 aromatic heterocycles. The Hall–Kier alpha value is -0.570. The third-order valence-corrected chi connectivity index (χ3v) is 2.39. The molecule has 0 bridgehead atoms. The number of carboxylic acids is 1.